The number of phenolic OH excluding ortho intramolecular Hbond substituents is 1. The molecule has 0 radical (unpaired) electrons. The Balaban J connectivity index is 2.52. The summed E-state index contributed by atoms with van der Waals surface area (Å²) in [6.07, 6.45) is 0. The highest BCUT2D eigenvalue weighted by molar-refractivity contribution is 5.62. The van der Waals surface area contributed by atoms with Crippen molar-refractivity contribution in [3.8, 4) is 22.9 Å². The smallest absolute Gasteiger partial charge is 0.225 e. The first-order valence-electron chi connectivity index (χ1n) is 4.74. The highest BCUT2D eigenvalue weighted by atomic mass is 16.5. The number of anilines is 2. The number of methoxy groups -OCH3 is 1. The molecule has 0 amide bonds. The summed E-state index contributed by atoms with van der Waals surface area (Å²) in [6.45, 7) is 0. The molecule has 5 N–H and O–H groups in total. The Morgan fingerprint density at radius 3 is 2.35 bits per heavy atom. The van der Waals surface area contributed by atoms with E-state index in [1.807, 2.05) is 0 Å². The molecule has 0 bridgehead atoms. The van der Waals surface area contributed by atoms with Gasteiger partial charge in [0.15, 0.2) is 17.3 Å². The first-order valence-corrected chi connectivity index (χ1v) is 4.74. The van der Waals surface area contributed by atoms with Crippen molar-refractivity contribution in [1.82, 2.24) is 15.0 Å². The molecule has 0 aliphatic carbocycles. The van der Waals surface area contributed by atoms with Crippen molar-refractivity contribution < 1.29 is 9.84 Å². The van der Waals surface area contributed by atoms with Crippen molar-refractivity contribution in [3.63, 3.8) is 0 Å². The molecule has 1 aromatic carbocycles. The third-order valence-electron chi connectivity index (χ3n) is 2.11. The zero-order valence-corrected chi connectivity index (χ0v) is 9.08. The zero-order chi connectivity index (χ0) is 12.4. The first kappa shape index (κ1) is 10.9. The third-order valence-corrected chi connectivity index (χ3v) is 2.11. The van der Waals surface area contributed by atoms with E-state index in [0.717, 1.165) is 0 Å². The standard InChI is InChI=1S/C10H11N5O2/c1-17-7-4-5(2-3-6(7)16)8-13-9(11)15-10(12)14-8/h2-4,16H,1H3,(H4,11,12,13,14,15). The molecular formula is C10H11N5O2. The lowest BCUT2D eigenvalue weighted by Crippen LogP contribution is -2.04. The Kier molecular flexibility index (Phi) is 2.65. The molecule has 7 heteroatoms. The molecule has 1 aromatic heterocycles. The van der Waals surface area contributed by atoms with Crippen LogP contribution in [0.3, 0.4) is 0 Å². The van der Waals surface area contributed by atoms with Gasteiger partial charge in [-0.25, -0.2) is 0 Å². The lowest BCUT2D eigenvalue weighted by atomic mass is 10.2. The summed E-state index contributed by atoms with van der Waals surface area (Å²) in [5.41, 5.74) is 11.6. The normalized spacial score (nSPS) is 10.2. The van der Waals surface area contributed by atoms with Gasteiger partial charge in [-0.2, -0.15) is 15.0 Å². The first-order chi connectivity index (χ1) is 8.10. The topological polar surface area (TPSA) is 120 Å². The van der Waals surface area contributed by atoms with Gasteiger partial charge in [-0.3, -0.25) is 0 Å². The molecule has 7 nitrogen and oxygen atoms in total. The van der Waals surface area contributed by atoms with Gasteiger partial charge >= 0.3 is 0 Å². The molecule has 0 fully saturated rings. The van der Waals surface area contributed by atoms with Crippen LogP contribution in [0.15, 0.2) is 18.2 Å². The summed E-state index contributed by atoms with van der Waals surface area (Å²) >= 11 is 0. The molecule has 0 atom stereocenters. The van der Waals surface area contributed by atoms with Gasteiger partial charge in [-0.05, 0) is 18.2 Å². The fourth-order valence-electron chi connectivity index (χ4n) is 1.36. The van der Waals surface area contributed by atoms with Crippen molar-refractivity contribution >= 4 is 11.9 Å². The van der Waals surface area contributed by atoms with E-state index in [9.17, 15) is 5.11 Å². The molecule has 17 heavy (non-hydrogen) atoms. The fraction of sp³-hybridized carbons (Fsp3) is 0.100. The van der Waals surface area contributed by atoms with E-state index in [0.29, 0.717) is 17.1 Å². The lowest BCUT2D eigenvalue weighted by molar-refractivity contribution is 0.373. The Labute approximate surface area is 97.1 Å². The van der Waals surface area contributed by atoms with E-state index in [1.54, 1.807) is 12.1 Å². The van der Waals surface area contributed by atoms with Gasteiger partial charge in [0.1, 0.15) is 0 Å². The van der Waals surface area contributed by atoms with Crippen LogP contribution in [0.4, 0.5) is 11.9 Å². The van der Waals surface area contributed by atoms with Crippen molar-refractivity contribution in [2.75, 3.05) is 18.6 Å². The second-order valence-electron chi connectivity index (χ2n) is 3.26. The van der Waals surface area contributed by atoms with Gasteiger partial charge in [0.25, 0.3) is 0 Å². The van der Waals surface area contributed by atoms with Gasteiger partial charge < -0.3 is 21.3 Å². The van der Waals surface area contributed by atoms with Gasteiger partial charge in [0.2, 0.25) is 11.9 Å². The molecule has 0 saturated carbocycles. The number of ether oxygens (including phenoxy) is 1. The quantitative estimate of drug-likeness (QED) is 0.687. The largest absolute Gasteiger partial charge is 0.504 e. The summed E-state index contributed by atoms with van der Waals surface area (Å²) in [5, 5.41) is 9.46. The molecule has 0 unspecified atom stereocenters. The number of phenols is 1. The van der Waals surface area contributed by atoms with Crippen molar-refractivity contribution in [1.29, 1.82) is 0 Å². The number of rotatable bonds is 2. The fourth-order valence-corrected chi connectivity index (χ4v) is 1.36. The van der Waals surface area contributed by atoms with Crippen LogP contribution in [0, 0.1) is 0 Å². The number of aromatic nitrogens is 3. The highest BCUT2D eigenvalue weighted by Gasteiger charge is 2.08. The van der Waals surface area contributed by atoms with Crippen molar-refractivity contribution in [2.24, 2.45) is 0 Å². The highest BCUT2D eigenvalue weighted by Crippen LogP contribution is 2.30. The van der Waals surface area contributed by atoms with E-state index in [2.05, 4.69) is 15.0 Å². The van der Waals surface area contributed by atoms with Crippen LogP contribution in [0.2, 0.25) is 0 Å². The maximum atomic E-state index is 9.46. The van der Waals surface area contributed by atoms with Gasteiger partial charge in [0, 0.05) is 5.56 Å². The molecule has 88 valence electrons. The van der Waals surface area contributed by atoms with E-state index in [1.165, 1.54) is 13.2 Å². The number of aromatic hydroxyl groups is 1. The minimum absolute atomic E-state index is 0.0336. The average Bonchev–Trinajstić information content (AvgIpc) is 2.28. The number of nitrogens with zero attached hydrogens (tertiary/aromatic N) is 3. The molecule has 1 heterocycles. The third kappa shape index (κ3) is 2.17. The average molecular weight is 233 g/mol. The maximum Gasteiger partial charge on any atom is 0.225 e. The van der Waals surface area contributed by atoms with Crippen LogP contribution in [-0.2, 0) is 0 Å². The number of nitrogens with two attached hydrogens (primary N) is 2. The summed E-state index contributed by atoms with van der Waals surface area (Å²) < 4.78 is 4.98. The van der Waals surface area contributed by atoms with E-state index in [-0.39, 0.29) is 17.6 Å². The van der Waals surface area contributed by atoms with Gasteiger partial charge in [0.05, 0.1) is 7.11 Å². The predicted octanol–water partition coefficient (Wildman–Crippen LogP) is 0.417. The SMILES string of the molecule is COc1cc(-c2nc(N)nc(N)n2)ccc1O. The summed E-state index contributed by atoms with van der Waals surface area (Å²) in [5.74, 6) is 0.763. The monoisotopic (exact) mass is 233 g/mol. The molecule has 2 rings (SSSR count). The molecule has 0 aliphatic rings. The van der Waals surface area contributed by atoms with Crippen molar-refractivity contribution in [2.45, 2.75) is 0 Å². The van der Waals surface area contributed by atoms with Crippen molar-refractivity contribution in [3.05, 3.63) is 18.2 Å². The number of nitrogen functional groups attached to an aromatic ring is 2. The molecule has 2 aromatic rings. The predicted molar refractivity (Wildman–Crippen MR) is 62.3 cm³/mol. The van der Waals surface area contributed by atoms with Crippen LogP contribution in [0.1, 0.15) is 0 Å². The van der Waals surface area contributed by atoms with Crippen LogP contribution in [0.5, 0.6) is 11.5 Å². The second-order valence-corrected chi connectivity index (χ2v) is 3.26. The second kappa shape index (κ2) is 4.12. The van der Waals surface area contributed by atoms with E-state index in [4.69, 9.17) is 16.2 Å². The number of hydrogen-bond acceptors (Lipinski definition) is 7. The molecule has 0 saturated heterocycles. The maximum absolute atomic E-state index is 9.46. The summed E-state index contributed by atoms with van der Waals surface area (Å²) in [6, 6.07) is 4.69. The molecule has 0 aliphatic heterocycles. The van der Waals surface area contributed by atoms with Gasteiger partial charge in [-0.15, -0.1) is 0 Å². The van der Waals surface area contributed by atoms with E-state index >= 15 is 0 Å². The molecule has 0 spiro atoms. The molecular weight excluding hydrogens is 222 g/mol. The summed E-state index contributed by atoms with van der Waals surface area (Å²) in [4.78, 5) is 11.6. The Hall–Kier alpha value is -2.57. The van der Waals surface area contributed by atoms with Gasteiger partial charge in [-0.1, -0.05) is 0 Å². The van der Waals surface area contributed by atoms with Crippen LogP contribution in [-0.4, -0.2) is 27.2 Å². The number of hydrogen-bond donors (Lipinski definition) is 3. The Morgan fingerprint density at radius 1 is 1.12 bits per heavy atom. The zero-order valence-electron chi connectivity index (χ0n) is 9.08. The van der Waals surface area contributed by atoms with Crippen LogP contribution < -0.4 is 16.2 Å². The minimum atomic E-state index is 0.0336. The Morgan fingerprint density at radius 2 is 1.76 bits per heavy atom. The minimum Gasteiger partial charge on any atom is -0.504 e. The van der Waals surface area contributed by atoms with Crippen LogP contribution in [0.25, 0.3) is 11.4 Å². The Bertz CT molecular complexity index is 538. The summed E-state index contributed by atoms with van der Waals surface area (Å²) in [7, 11) is 1.45. The lowest BCUT2D eigenvalue weighted by Gasteiger charge is -2.06. The van der Waals surface area contributed by atoms with Crippen LogP contribution >= 0.6 is 0 Å². The van der Waals surface area contributed by atoms with E-state index < -0.39 is 0 Å². The number of benzene rings is 1.